The first-order valence-corrected chi connectivity index (χ1v) is 22.5. The zero-order chi connectivity index (χ0) is 37.7. The Labute approximate surface area is 318 Å². The number of rotatable bonds is 40. The summed E-state index contributed by atoms with van der Waals surface area (Å²) in [6.45, 7) is 15.6. The third-order valence-electron chi connectivity index (χ3n) is 10.7. The lowest BCUT2D eigenvalue weighted by Gasteiger charge is -2.24. The van der Waals surface area contributed by atoms with Crippen LogP contribution in [0.3, 0.4) is 0 Å². The third kappa shape index (κ3) is 33.2. The molecule has 0 fully saturated rings. The van der Waals surface area contributed by atoms with Crippen molar-refractivity contribution in [1.29, 1.82) is 0 Å². The summed E-state index contributed by atoms with van der Waals surface area (Å²) in [5.41, 5.74) is -0.410. The van der Waals surface area contributed by atoms with Crippen molar-refractivity contribution < 1.29 is 24.2 Å². The molecule has 0 aliphatic heterocycles. The van der Waals surface area contributed by atoms with Gasteiger partial charge in [-0.2, -0.15) is 0 Å². The van der Waals surface area contributed by atoms with Crippen LogP contribution in [-0.2, 0) is 19.1 Å². The van der Waals surface area contributed by atoms with Gasteiger partial charge in [0.15, 0.2) is 0 Å². The molecule has 0 unspecified atom stereocenters. The fourth-order valence-corrected chi connectivity index (χ4v) is 7.12. The molecule has 6 nitrogen and oxygen atoms in total. The van der Waals surface area contributed by atoms with E-state index in [-0.39, 0.29) is 18.5 Å². The minimum absolute atomic E-state index is 0.0200. The average Bonchev–Trinajstić information content (AvgIpc) is 3.11. The average molecular weight is 724 g/mol. The van der Waals surface area contributed by atoms with Crippen LogP contribution in [0, 0.1) is 11.3 Å². The molecule has 0 spiro atoms. The Morgan fingerprint density at radius 3 is 1.57 bits per heavy atom. The van der Waals surface area contributed by atoms with Crippen molar-refractivity contribution in [2.24, 2.45) is 11.3 Å². The molecular formula is C45H89NO5. The molecule has 0 rings (SSSR count). The second-order valence-electron chi connectivity index (χ2n) is 16.3. The number of unbranched alkanes of at least 4 members (excludes halogenated alkanes) is 18. The van der Waals surface area contributed by atoms with Gasteiger partial charge in [0.05, 0.1) is 18.6 Å². The molecule has 0 heterocycles. The Morgan fingerprint density at radius 1 is 0.529 bits per heavy atom. The van der Waals surface area contributed by atoms with Gasteiger partial charge in [-0.15, -0.1) is 0 Å². The maximum atomic E-state index is 12.9. The van der Waals surface area contributed by atoms with Gasteiger partial charge in [0.2, 0.25) is 0 Å². The van der Waals surface area contributed by atoms with Crippen LogP contribution in [-0.4, -0.2) is 61.4 Å². The van der Waals surface area contributed by atoms with E-state index in [2.05, 4.69) is 39.5 Å². The number of hydrogen-bond acceptors (Lipinski definition) is 6. The van der Waals surface area contributed by atoms with E-state index in [1.807, 2.05) is 0 Å². The van der Waals surface area contributed by atoms with Crippen LogP contribution in [0.15, 0.2) is 0 Å². The van der Waals surface area contributed by atoms with Crippen molar-refractivity contribution in [1.82, 2.24) is 4.90 Å². The summed E-state index contributed by atoms with van der Waals surface area (Å²) in [6.07, 6.45) is 35.0. The molecular weight excluding hydrogens is 634 g/mol. The van der Waals surface area contributed by atoms with Gasteiger partial charge in [-0.1, -0.05) is 149 Å². The highest BCUT2D eigenvalue weighted by atomic mass is 16.5. The van der Waals surface area contributed by atoms with Gasteiger partial charge >= 0.3 is 11.9 Å². The molecule has 51 heavy (non-hydrogen) atoms. The molecule has 0 saturated carbocycles. The van der Waals surface area contributed by atoms with Crippen LogP contribution in [0.5, 0.6) is 0 Å². The number of carbonyl (C=O) groups is 2. The predicted molar refractivity (Wildman–Crippen MR) is 218 cm³/mol. The fourth-order valence-electron chi connectivity index (χ4n) is 7.12. The van der Waals surface area contributed by atoms with E-state index >= 15 is 0 Å². The molecule has 0 aromatic heterocycles. The Morgan fingerprint density at radius 2 is 0.980 bits per heavy atom. The topological polar surface area (TPSA) is 76.1 Å². The van der Waals surface area contributed by atoms with Gasteiger partial charge in [0.25, 0.3) is 0 Å². The molecule has 0 amide bonds. The van der Waals surface area contributed by atoms with E-state index in [1.54, 1.807) is 0 Å². The highest BCUT2D eigenvalue weighted by Gasteiger charge is 2.28. The van der Waals surface area contributed by atoms with Gasteiger partial charge in [0.1, 0.15) is 0 Å². The monoisotopic (exact) mass is 724 g/mol. The molecule has 0 radical (unpaired) electrons. The third-order valence-corrected chi connectivity index (χ3v) is 10.7. The first-order chi connectivity index (χ1) is 24.8. The SMILES string of the molecule is CCCCCCCCCC(=O)OCCCCCCCN(CCCCO)CCCCCCC(C)(C)C(=O)OCCCC(CCCCC)CCCCC. The lowest BCUT2D eigenvalue weighted by atomic mass is 9.87. The summed E-state index contributed by atoms with van der Waals surface area (Å²) in [7, 11) is 0. The van der Waals surface area contributed by atoms with Crippen LogP contribution in [0.1, 0.15) is 227 Å². The van der Waals surface area contributed by atoms with Crippen LogP contribution < -0.4 is 0 Å². The molecule has 6 heteroatoms. The summed E-state index contributed by atoms with van der Waals surface area (Å²) in [5.74, 6) is 0.748. The van der Waals surface area contributed by atoms with Crippen molar-refractivity contribution in [3.05, 3.63) is 0 Å². The second-order valence-corrected chi connectivity index (χ2v) is 16.3. The van der Waals surface area contributed by atoms with Gasteiger partial charge < -0.3 is 19.5 Å². The minimum atomic E-state index is -0.410. The van der Waals surface area contributed by atoms with E-state index in [0.29, 0.717) is 19.6 Å². The minimum Gasteiger partial charge on any atom is -0.466 e. The maximum absolute atomic E-state index is 12.9. The van der Waals surface area contributed by atoms with Crippen molar-refractivity contribution in [2.45, 2.75) is 227 Å². The summed E-state index contributed by atoms with van der Waals surface area (Å²) in [4.78, 5) is 27.5. The van der Waals surface area contributed by atoms with Crippen LogP contribution in [0.2, 0.25) is 0 Å². The second kappa shape index (κ2) is 37.2. The van der Waals surface area contributed by atoms with Crippen molar-refractivity contribution in [3.8, 4) is 0 Å². The molecule has 0 aliphatic carbocycles. The van der Waals surface area contributed by atoms with Gasteiger partial charge in [-0.25, -0.2) is 0 Å². The Kier molecular flexibility index (Phi) is 36.4. The number of aliphatic hydroxyl groups excluding tert-OH is 1. The van der Waals surface area contributed by atoms with Crippen LogP contribution in [0.25, 0.3) is 0 Å². The van der Waals surface area contributed by atoms with Crippen LogP contribution >= 0.6 is 0 Å². The quantitative estimate of drug-likeness (QED) is 0.0501. The fraction of sp³-hybridized carbons (Fsp3) is 0.956. The maximum Gasteiger partial charge on any atom is 0.311 e. The van der Waals surface area contributed by atoms with Crippen molar-refractivity contribution in [2.75, 3.05) is 39.5 Å². The van der Waals surface area contributed by atoms with E-state index < -0.39 is 5.41 Å². The van der Waals surface area contributed by atoms with Gasteiger partial charge in [-0.3, -0.25) is 9.59 Å². The highest BCUT2D eigenvalue weighted by Crippen LogP contribution is 2.27. The lowest BCUT2D eigenvalue weighted by Crippen LogP contribution is -2.28. The van der Waals surface area contributed by atoms with E-state index in [1.165, 1.54) is 122 Å². The number of aliphatic hydroxyl groups is 1. The Hall–Kier alpha value is -1.14. The largest absolute Gasteiger partial charge is 0.466 e. The van der Waals surface area contributed by atoms with E-state index in [0.717, 1.165) is 89.8 Å². The smallest absolute Gasteiger partial charge is 0.311 e. The number of hydrogen-bond donors (Lipinski definition) is 1. The van der Waals surface area contributed by atoms with Crippen molar-refractivity contribution in [3.63, 3.8) is 0 Å². The molecule has 0 aliphatic rings. The summed E-state index contributed by atoms with van der Waals surface area (Å²) >= 11 is 0. The number of nitrogens with zero attached hydrogens (tertiary/aromatic N) is 1. The first-order valence-electron chi connectivity index (χ1n) is 22.5. The lowest BCUT2D eigenvalue weighted by molar-refractivity contribution is -0.154. The summed E-state index contributed by atoms with van der Waals surface area (Å²) < 4.78 is 11.2. The standard InChI is InChI=1S/C45H89NO5/c1-6-9-12-13-14-16-23-34-43(48)50-40-29-20-15-18-25-36-46(38-27-28-39-47)37-26-19-17-24-35-45(4,5)44(49)51-41-30-33-42(31-21-10-7-2)32-22-11-8-3/h42,47H,6-41H2,1-5H3. The molecule has 0 bridgehead atoms. The van der Waals surface area contributed by atoms with Gasteiger partial charge in [-0.05, 0) is 97.2 Å². The number of esters is 2. The number of carbonyl (C=O) groups excluding carboxylic acids is 2. The molecule has 0 atom stereocenters. The highest BCUT2D eigenvalue weighted by molar-refractivity contribution is 5.75. The van der Waals surface area contributed by atoms with Crippen molar-refractivity contribution >= 4 is 11.9 Å². The van der Waals surface area contributed by atoms with Gasteiger partial charge in [0, 0.05) is 13.0 Å². The molecule has 0 aromatic carbocycles. The van der Waals surface area contributed by atoms with E-state index in [4.69, 9.17) is 9.47 Å². The molecule has 0 saturated heterocycles. The van der Waals surface area contributed by atoms with E-state index in [9.17, 15) is 14.7 Å². The molecule has 0 aromatic rings. The zero-order valence-corrected chi connectivity index (χ0v) is 35.1. The molecule has 304 valence electrons. The predicted octanol–water partition coefficient (Wildman–Crippen LogP) is 12.8. The summed E-state index contributed by atoms with van der Waals surface area (Å²) in [5, 5.41) is 9.27. The van der Waals surface area contributed by atoms with Crippen LogP contribution in [0.4, 0.5) is 0 Å². The normalized spacial score (nSPS) is 11.9. The Bertz CT molecular complexity index is 747. The first kappa shape index (κ1) is 49.9. The Balaban J connectivity index is 4.09. The number of ether oxygens (including phenoxy) is 2. The molecule has 1 N–H and O–H groups in total. The summed E-state index contributed by atoms with van der Waals surface area (Å²) in [6, 6.07) is 0. The zero-order valence-electron chi connectivity index (χ0n) is 35.1.